The third-order valence-electron chi connectivity index (χ3n) is 4.16. The van der Waals surface area contributed by atoms with Gasteiger partial charge in [-0.2, -0.15) is 0 Å². The summed E-state index contributed by atoms with van der Waals surface area (Å²) in [4.78, 5) is 29.1. The van der Waals surface area contributed by atoms with Crippen molar-refractivity contribution in [2.75, 3.05) is 18.4 Å². The van der Waals surface area contributed by atoms with Crippen LogP contribution in [0.2, 0.25) is 0 Å². The molecule has 0 saturated heterocycles. The molecule has 2 amide bonds. The molecule has 3 rings (SSSR count). The number of nitrogens with one attached hydrogen (secondary N) is 2. The zero-order valence-corrected chi connectivity index (χ0v) is 14.5. The van der Waals surface area contributed by atoms with E-state index in [0.717, 1.165) is 12.1 Å². The Morgan fingerprint density at radius 1 is 1.19 bits per heavy atom. The predicted octanol–water partition coefficient (Wildman–Crippen LogP) is 2.20. The van der Waals surface area contributed by atoms with Crippen LogP contribution >= 0.6 is 0 Å². The van der Waals surface area contributed by atoms with Crippen LogP contribution in [-0.2, 0) is 17.9 Å². The molecule has 0 spiro atoms. The molecule has 0 saturated carbocycles. The molecule has 0 aliphatic carbocycles. The Morgan fingerprint density at radius 3 is 2.70 bits per heavy atom. The van der Waals surface area contributed by atoms with Gasteiger partial charge >= 0.3 is 0 Å². The molecule has 0 bridgehead atoms. The van der Waals surface area contributed by atoms with Crippen molar-refractivity contribution in [3.8, 4) is 0 Å². The van der Waals surface area contributed by atoms with Crippen LogP contribution in [0.3, 0.4) is 0 Å². The molecule has 1 aromatic carbocycles. The number of carbonyl (C=O) groups excluding carboxylic acids is 2. The molecule has 2 aromatic rings. The minimum Gasteiger partial charge on any atom is -0.366 e. The second-order valence-corrected chi connectivity index (χ2v) is 6.09. The summed E-state index contributed by atoms with van der Waals surface area (Å²) in [6, 6.07) is 5.18. The number of hydrogen-bond acceptors (Lipinski definition) is 4. The summed E-state index contributed by atoms with van der Waals surface area (Å²) in [6.07, 6.45) is 0. The van der Waals surface area contributed by atoms with Crippen LogP contribution in [0.1, 0.15) is 28.5 Å². The molecule has 9 heteroatoms. The number of pyridine rings is 1. The molecule has 0 radical (unpaired) electrons. The Hall–Kier alpha value is -3.10. The van der Waals surface area contributed by atoms with Crippen molar-refractivity contribution < 1.29 is 22.8 Å². The van der Waals surface area contributed by atoms with Crippen molar-refractivity contribution in [3.63, 3.8) is 0 Å². The molecule has 27 heavy (non-hydrogen) atoms. The Labute approximate surface area is 153 Å². The van der Waals surface area contributed by atoms with Crippen LogP contribution < -0.4 is 10.6 Å². The molecule has 6 nitrogen and oxygen atoms in total. The normalized spacial score (nSPS) is 12.9. The number of carbonyl (C=O) groups is 2. The molecule has 0 atom stereocenters. The SMILES string of the molecule is CC(=O)NCCN1Cc2nc(NCc3ccc(F)c(F)c3F)ccc2C1=O. The molecule has 1 aromatic heterocycles. The van der Waals surface area contributed by atoms with Crippen molar-refractivity contribution in [1.29, 1.82) is 0 Å². The van der Waals surface area contributed by atoms with E-state index in [-0.39, 0.29) is 23.9 Å². The van der Waals surface area contributed by atoms with Crippen molar-refractivity contribution in [2.45, 2.75) is 20.0 Å². The first kappa shape index (κ1) is 18.7. The quantitative estimate of drug-likeness (QED) is 0.756. The number of benzene rings is 1. The number of halogens is 3. The fourth-order valence-corrected chi connectivity index (χ4v) is 2.77. The van der Waals surface area contributed by atoms with Crippen molar-refractivity contribution in [1.82, 2.24) is 15.2 Å². The Kier molecular flexibility index (Phi) is 5.29. The van der Waals surface area contributed by atoms with E-state index in [1.165, 1.54) is 6.92 Å². The summed E-state index contributed by atoms with van der Waals surface area (Å²) in [5.41, 5.74) is 0.977. The number of anilines is 1. The first-order chi connectivity index (χ1) is 12.9. The topological polar surface area (TPSA) is 74.3 Å². The number of nitrogens with zero attached hydrogens (tertiary/aromatic N) is 2. The summed E-state index contributed by atoms with van der Waals surface area (Å²) in [6.45, 7) is 2.31. The maximum absolute atomic E-state index is 13.7. The number of hydrogen-bond donors (Lipinski definition) is 2. The highest BCUT2D eigenvalue weighted by Crippen LogP contribution is 2.23. The molecular formula is C18H17F3N4O2. The smallest absolute Gasteiger partial charge is 0.256 e. The molecule has 2 N–H and O–H groups in total. The van der Waals surface area contributed by atoms with E-state index in [4.69, 9.17) is 0 Å². The van der Waals surface area contributed by atoms with Gasteiger partial charge in [0.1, 0.15) is 5.82 Å². The van der Waals surface area contributed by atoms with Gasteiger partial charge in [-0.05, 0) is 18.2 Å². The zero-order chi connectivity index (χ0) is 19.6. The minimum absolute atomic E-state index is 0.0378. The lowest BCUT2D eigenvalue weighted by atomic mass is 10.2. The Balaban J connectivity index is 1.65. The van der Waals surface area contributed by atoms with Gasteiger partial charge in [-0.25, -0.2) is 18.2 Å². The average Bonchev–Trinajstić information content (AvgIpc) is 2.94. The number of amides is 2. The van der Waals surface area contributed by atoms with Crippen LogP contribution in [0.4, 0.5) is 19.0 Å². The summed E-state index contributed by atoms with van der Waals surface area (Å²) in [5.74, 6) is -3.98. The molecule has 0 unspecified atom stereocenters. The monoisotopic (exact) mass is 378 g/mol. The summed E-state index contributed by atoms with van der Waals surface area (Å²) >= 11 is 0. The van der Waals surface area contributed by atoms with Gasteiger partial charge in [0.25, 0.3) is 5.91 Å². The third-order valence-corrected chi connectivity index (χ3v) is 4.16. The standard InChI is InChI=1S/C18H17F3N4O2/c1-10(26)22-6-7-25-9-14-12(18(25)27)3-5-15(24-14)23-8-11-2-4-13(19)17(21)16(11)20/h2-5H,6-9H2,1H3,(H,22,26)(H,23,24). The lowest BCUT2D eigenvalue weighted by Crippen LogP contribution is -2.34. The van der Waals surface area contributed by atoms with E-state index >= 15 is 0 Å². The fourth-order valence-electron chi connectivity index (χ4n) is 2.77. The lowest BCUT2D eigenvalue weighted by Gasteiger charge is -2.14. The van der Waals surface area contributed by atoms with Gasteiger partial charge in [0.15, 0.2) is 17.5 Å². The van der Waals surface area contributed by atoms with Gasteiger partial charge in [-0.15, -0.1) is 0 Å². The summed E-state index contributed by atoms with van der Waals surface area (Å²) < 4.78 is 39.9. The maximum Gasteiger partial charge on any atom is 0.256 e. The van der Waals surface area contributed by atoms with Crippen molar-refractivity contribution >= 4 is 17.6 Å². The molecule has 142 valence electrons. The molecule has 0 fully saturated rings. The first-order valence-electron chi connectivity index (χ1n) is 8.26. The van der Waals surface area contributed by atoms with Crippen LogP contribution in [0, 0.1) is 17.5 Å². The van der Waals surface area contributed by atoms with E-state index < -0.39 is 17.5 Å². The lowest BCUT2D eigenvalue weighted by molar-refractivity contribution is -0.119. The highest BCUT2D eigenvalue weighted by molar-refractivity contribution is 5.98. The Bertz CT molecular complexity index is 904. The van der Waals surface area contributed by atoms with Gasteiger partial charge < -0.3 is 15.5 Å². The molecule has 1 aliphatic heterocycles. The minimum atomic E-state index is -1.52. The van der Waals surface area contributed by atoms with Crippen molar-refractivity contribution in [2.24, 2.45) is 0 Å². The zero-order valence-electron chi connectivity index (χ0n) is 14.5. The highest BCUT2D eigenvalue weighted by atomic mass is 19.2. The largest absolute Gasteiger partial charge is 0.366 e. The molecule has 1 aliphatic rings. The van der Waals surface area contributed by atoms with E-state index in [9.17, 15) is 22.8 Å². The third kappa shape index (κ3) is 4.02. The van der Waals surface area contributed by atoms with Crippen LogP contribution in [0.25, 0.3) is 0 Å². The second kappa shape index (κ2) is 7.65. The van der Waals surface area contributed by atoms with E-state index in [0.29, 0.717) is 36.7 Å². The van der Waals surface area contributed by atoms with E-state index in [1.54, 1.807) is 17.0 Å². The van der Waals surface area contributed by atoms with Crippen LogP contribution in [-0.4, -0.2) is 34.8 Å². The molecular weight excluding hydrogens is 361 g/mol. The number of rotatable bonds is 6. The average molecular weight is 378 g/mol. The fraction of sp³-hybridized carbons (Fsp3) is 0.278. The van der Waals surface area contributed by atoms with Crippen LogP contribution in [0.5, 0.6) is 0 Å². The number of aromatic nitrogens is 1. The van der Waals surface area contributed by atoms with Crippen molar-refractivity contribution in [3.05, 3.63) is 58.5 Å². The molecule has 2 heterocycles. The van der Waals surface area contributed by atoms with Gasteiger partial charge in [-0.3, -0.25) is 9.59 Å². The second-order valence-electron chi connectivity index (χ2n) is 6.09. The summed E-state index contributed by atoms with van der Waals surface area (Å²) in [7, 11) is 0. The van der Waals surface area contributed by atoms with Gasteiger partial charge in [0, 0.05) is 32.1 Å². The Morgan fingerprint density at radius 2 is 1.96 bits per heavy atom. The summed E-state index contributed by atoms with van der Waals surface area (Å²) in [5, 5.41) is 5.46. The number of fused-ring (bicyclic) bond motifs is 1. The van der Waals surface area contributed by atoms with Gasteiger partial charge in [0.2, 0.25) is 5.91 Å². The van der Waals surface area contributed by atoms with Crippen LogP contribution in [0.15, 0.2) is 24.3 Å². The first-order valence-corrected chi connectivity index (χ1v) is 8.26. The highest BCUT2D eigenvalue weighted by Gasteiger charge is 2.28. The van der Waals surface area contributed by atoms with Gasteiger partial charge in [-0.1, -0.05) is 6.07 Å². The van der Waals surface area contributed by atoms with E-state index in [2.05, 4.69) is 15.6 Å². The van der Waals surface area contributed by atoms with E-state index in [1.807, 2.05) is 0 Å². The predicted molar refractivity (Wildman–Crippen MR) is 91.3 cm³/mol. The maximum atomic E-state index is 13.7. The van der Waals surface area contributed by atoms with Gasteiger partial charge in [0.05, 0.1) is 17.8 Å².